The minimum atomic E-state index is -0.393. The first kappa shape index (κ1) is 20.6. The fourth-order valence-corrected chi connectivity index (χ4v) is 3.98. The Bertz CT molecular complexity index is 1240. The molecule has 0 spiro atoms. The summed E-state index contributed by atoms with van der Waals surface area (Å²) in [6, 6.07) is 18.8. The molecule has 4 aromatic rings. The molecule has 0 atom stereocenters. The van der Waals surface area contributed by atoms with E-state index in [4.69, 9.17) is 23.2 Å². The second kappa shape index (κ2) is 9.00. The van der Waals surface area contributed by atoms with Crippen LogP contribution in [0, 0.1) is 5.82 Å². The highest BCUT2D eigenvalue weighted by Gasteiger charge is 2.14. The van der Waals surface area contributed by atoms with Gasteiger partial charge in [0, 0.05) is 10.9 Å². The minimum absolute atomic E-state index is 0.0553. The monoisotopic (exact) mass is 457 g/mol. The molecule has 30 heavy (non-hydrogen) atoms. The van der Waals surface area contributed by atoms with E-state index in [9.17, 15) is 9.18 Å². The molecule has 1 amide bonds. The summed E-state index contributed by atoms with van der Waals surface area (Å²) in [6.07, 6.45) is 0. The van der Waals surface area contributed by atoms with Crippen LogP contribution in [-0.2, 0) is 4.79 Å². The molecule has 0 saturated carbocycles. The van der Waals surface area contributed by atoms with E-state index < -0.39 is 5.82 Å². The van der Waals surface area contributed by atoms with Crippen molar-refractivity contribution in [2.45, 2.75) is 5.03 Å². The Kier molecular flexibility index (Phi) is 6.18. The highest BCUT2D eigenvalue weighted by molar-refractivity contribution is 8.00. The van der Waals surface area contributed by atoms with Crippen molar-refractivity contribution in [1.29, 1.82) is 0 Å². The number of aromatic nitrogens is 2. The summed E-state index contributed by atoms with van der Waals surface area (Å²) in [4.78, 5) is 21.6. The van der Waals surface area contributed by atoms with Gasteiger partial charge >= 0.3 is 0 Å². The predicted molar refractivity (Wildman–Crippen MR) is 121 cm³/mol. The minimum Gasteiger partial charge on any atom is -0.324 e. The quantitative estimate of drug-likeness (QED) is 0.275. The van der Waals surface area contributed by atoms with Gasteiger partial charge in [0.2, 0.25) is 5.91 Å². The van der Waals surface area contributed by atoms with Gasteiger partial charge in [-0.1, -0.05) is 71.4 Å². The molecule has 0 radical (unpaired) electrons. The first-order valence-corrected chi connectivity index (χ1v) is 10.6. The van der Waals surface area contributed by atoms with Gasteiger partial charge in [-0.05, 0) is 30.3 Å². The van der Waals surface area contributed by atoms with Gasteiger partial charge in [0.1, 0.15) is 10.8 Å². The summed E-state index contributed by atoms with van der Waals surface area (Å²) in [5, 5.41) is 4.43. The van der Waals surface area contributed by atoms with E-state index >= 15 is 0 Å². The van der Waals surface area contributed by atoms with Crippen LogP contribution in [0.2, 0.25) is 10.0 Å². The van der Waals surface area contributed by atoms with E-state index in [0.29, 0.717) is 32.5 Å². The number of thioether (sulfide) groups is 1. The molecule has 1 aromatic heterocycles. The van der Waals surface area contributed by atoms with E-state index in [-0.39, 0.29) is 16.7 Å². The van der Waals surface area contributed by atoms with Crippen LogP contribution in [-0.4, -0.2) is 21.6 Å². The van der Waals surface area contributed by atoms with Crippen LogP contribution in [0.15, 0.2) is 71.8 Å². The Hall–Kier alpha value is -2.67. The predicted octanol–water partition coefficient (Wildman–Crippen LogP) is 6.47. The largest absolute Gasteiger partial charge is 0.324 e. The second-order valence-electron chi connectivity index (χ2n) is 6.32. The maximum Gasteiger partial charge on any atom is 0.234 e. The summed E-state index contributed by atoms with van der Waals surface area (Å²) < 4.78 is 13.8. The van der Waals surface area contributed by atoms with Gasteiger partial charge in [-0.15, -0.1) is 0 Å². The molecule has 0 bridgehead atoms. The van der Waals surface area contributed by atoms with Crippen LogP contribution in [0.25, 0.3) is 22.3 Å². The number of fused-ring (bicyclic) bond motifs is 1. The van der Waals surface area contributed by atoms with Crippen LogP contribution in [0.4, 0.5) is 10.1 Å². The molecule has 1 heterocycles. The highest BCUT2D eigenvalue weighted by Crippen LogP contribution is 2.31. The Labute approximate surface area is 186 Å². The van der Waals surface area contributed by atoms with Crippen molar-refractivity contribution >= 4 is 57.5 Å². The number of amides is 1. The standard InChI is InChI=1S/C22H14Cl2FN3OS/c23-16-7-4-8-18(20(16)24)26-19(29)12-30-22-15-11-14(25)9-10-17(15)27-21(28-22)13-5-2-1-3-6-13/h1-11H,12H2,(H,26,29). The van der Waals surface area contributed by atoms with E-state index in [0.717, 1.165) is 5.56 Å². The average molecular weight is 458 g/mol. The molecular weight excluding hydrogens is 444 g/mol. The van der Waals surface area contributed by atoms with Crippen molar-refractivity contribution in [2.75, 3.05) is 11.1 Å². The molecule has 150 valence electrons. The third-order valence-corrected chi connectivity index (χ3v) is 6.03. The Morgan fingerprint density at radius 1 is 1.00 bits per heavy atom. The maximum absolute atomic E-state index is 13.8. The molecule has 4 nitrogen and oxygen atoms in total. The van der Waals surface area contributed by atoms with E-state index in [1.54, 1.807) is 24.3 Å². The third-order valence-electron chi connectivity index (χ3n) is 4.22. The Balaban J connectivity index is 1.61. The topological polar surface area (TPSA) is 54.9 Å². The second-order valence-corrected chi connectivity index (χ2v) is 8.07. The van der Waals surface area contributed by atoms with Crippen molar-refractivity contribution in [2.24, 2.45) is 0 Å². The fourth-order valence-electron chi connectivity index (χ4n) is 2.82. The summed E-state index contributed by atoms with van der Waals surface area (Å²) >= 11 is 13.3. The number of anilines is 1. The lowest BCUT2D eigenvalue weighted by Crippen LogP contribution is -2.14. The molecule has 0 aliphatic rings. The lowest BCUT2D eigenvalue weighted by molar-refractivity contribution is -0.113. The molecule has 0 unspecified atom stereocenters. The number of benzene rings is 3. The van der Waals surface area contributed by atoms with Gasteiger partial charge in [-0.3, -0.25) is 4.79 Å². The van der Waals surface area contributed by atoms with Gasteiger partial charge in [0.05, 0.1) is 27.0 Å². The highest BCUT2D eigenvalue weighted by atomic mass is 35.5. The summed E-state index contributed by atoms with van der Waals surface area (Å²) in [5.74, 6) is -0.112. The Morgan fingerprint density at radius 2 is 1.80 bits per heavy atom. The molecule has 0 aliphatic carbocycles. The normalized spacial score (nSPS) is 10.9. The van der Waals surface area contributed by atoms with Gasteiger partial charge in [-0.25, -0.2) is 14.4 Å². The van der Waals surface area contributed by atoms with Crippen molar-refractivity contribution < 1.29 is 9.18 Å². The zero-order chi connectivity index (χ0) is 21.1. The molecule has 0 saturated heterocycles. The van der Waals surface area contributed by atoms with Crippen molar-refractivity contribution in [3.8, 4) is 11.4 Å². The van der Waals surface area contributed by atoms with Crippen LogP contribution >= 0.6 is 35.0 Å². The molecule has 1 N–H and O–H groups in total. The maximum atomic E-state index is 13.8. The first-order chi connectivity index (χ1) is 14.5. The molecular formula is C22H14Cl2FN3OS. The van der Waals surface area contributed by atoms with Crippen LogP contribution < -0.4 is 5.32 Å². The summed E-state index contributed by atoms with van der Waals surface area (Å²) in [5.41, 5.74) is 1.87. The SMILES string of the molecule is O=C(CSc1nc(-c2ccccc2)nc2ccc(F)cc12)Nc1cccc(Cl)c1Cl. The number of hydrogen-bond donors (Lipinski definition) is 1. The molecule has 0 aliphatic heterocycles. The van der Waals surface area contributed by atoms with Gasteiger partial charge in [0.25, 0.3) is 0 Å². The number of hydrogen-bond acceptors (Lipinski definition) is 4. The lowest BCUT2D eigenvalue weighted by atomic mass is 10.2. The van der Waals surface area contributed by atoms with Crippen molar-refractivity contribution in [3.05, 3.63) is 82.6 Å². The Morgan fingerprint density at radius 3 is 2.60 bits per heavy atom. The number of nitrogens with zero attached hydrogens (tertiary/aromatic N) is 2. The third kappa shape index (κ3) is 4.56. The molecule has 8 heteroatoms. The smallest absolute Gasteiger partial charge is 0.234 e. The number of carbonyl (C=O) groups is 1. The first-order valence-electron chi connectivity index (χ1n) is 8.90. The molecule has 4 rings (SSSR count). The summed E-state index contributed by atoms with van der Waals surface area (Å²) in [6.45, 7) is 0. The average Bonchev–Trinajstić information content (AvgIpc) is 2.76. The zero-order valence-corrected chi connectivity index (χ0v) is 17.7. The van der Waals surface area contributed by atoms with E-state index in [1.165, 1.54) is 23.9 Å². The fraction of sp³-hybridized carbons (Fsp3) is 0.0455. The van der Waals surface area contributed by atoms with Crippen molar-refractivity contribution in [3.63, 3.8) is 0 Å². The number of halogens is 3. The lowest BCUT2D eigenvalue weighted by Gasteiger charge is -2.10. The zero-order valence-electron chi connectivity index (χ0n) is 15.4. The van der Waals surface area contributed by atoms with E-state index in [2.05, 4.69) is 15.3 Å². The number of rotatable bonds is 5. The van der Waals surface area contributed by atoms with E-state index in [1.807, 2.05) is 30.3 Å². The van der Waals surface area contributed by atoms with Gasteiger partial charge in [-0.2, -0.15) is 0 Å². The van der Waals surface area contributed by atoms with Crippen LogP contribution in [0.5, 0.6) is 0 Å². The van der Waals surface area contributed by atoms with Crippen LogP contribution in [0.1, 0.15) is 0 Å². The van der Waals surface area contributed by atoms with Crippen LogP contribution in [0.3, 0.4) is 0 Å². The molecule has 0 fully saturated rings. The summed E-state index contributed by atoms with van der Waals surface area (Å²) in [7, 11) is 0. The van der Waals surface area contributed by atoms with Gasteiger partial charge in [0.15, 0.2) is 5.82 Å². The number of nitrogens with one attached hydrogen (secondary N) is 1. The van der Waals surface area contributed by atoms with Crippen molar-refractivity contribution in [1.82, 2.24) is 9.97 Å². The molecule has 3 aromatic carbocycles. The number of carbonyl (C=O) groups excluding carboxylic acids is 1. The van der Waals surface area contributed by atoms with Gasteiger partial charge < -0.3 is 5.32 Å².